The van der Waals surface area contributed by atoms with E-state index in [0.29, 0.717) is 13.0 Å². The fourth-order valence-corrected chi connectivity index (χ4v) is 1.94. The zero-order valence-electron chi connectivity index (χ0n) is 11.6. The van der Waals surface area contributed by atoms with Crippen LogP contribution in [-0.2, 0) is 9.53 Å². The number of hydrogen-bond acceptors (Lipinski definition) is 3. The summed E-state index contributed by atoms with van der Waals surface area (Å²) in [5.41, 5.74) is 1.07. The minimum Gasteiger partial charge on any atom is -0.466 e. The number of carbonyl (C=O) groups is 1. The topological polar surface area (TPSA) is 38.3 Å². The summed E-state index contributed by atoms with van der Waals surface area (Å²) < 4.78 is 17.7. The van der Waals surface area contributed by atoms with Gasteiger partial charge in [0.25, 0.3) is 0 Å². The molecule has 1 aromatic rings. The fourth-order valence-electron chi connectivity index (χ4n) is 1.94. The summed E-state index contributed by atoms with van der Waals surface area (Å²) in [4.78, 5) is 11.2. The van der Waals surface area contributed by atoms with Crippen LogP contribution in [0.4, 0.5) is 4.39 Å². The third-order valence-electron chi connectivity index (χ3n) is 2.93. The first-order chi connectivity index (χ1) is 9.17. The molecule has 0 heterocycles. The zero-order valence-corrected chi connectivity index (χ0v) is 11.6. The molecular formula is C15H22FNO2. The molecule has 0 aliphatic carbocycles. The second-order valence-corrected chi connectivity index (χ2v) is 4.38. The van der Waals surface area contributed by atoms with E-state index in [1.54, 1.807) is 19.1 Å². The Morgan fingerprint density at radius 1 is 1.32 bits per heavy atom. The lowest BCUT2D eigenvalue weighted by molar-refractivity contribution is -0.143. The Morgan fingerprint density at radius 2 is 2.00 bits per heavy atom. The molecule has 0 aliphatic heterocycles. The van der Waals surface area contributed by atoms with Crippen LogP contribution in [0.1, 0.15) is 44.7 Å². The Morgan fingerprint density at radius 3 is 2.58 bits per heavy atom. The smallest absolute Gasteiger partial charge is 0.305 e. The number of nitrogens with one attached hydrogen (secondary N) is 1. The summed E-state index contributed by atoms with van der Waals surface area (Å²) in [6.07, 6.45) is 2.10. The van der Waals surface area contributed by atoms with E-state index in [-0.39, 0.29) is 17.8 Å². The second-order valence-electron chi connectivity index (χ2n) is 4.38. The van der Waals surface area contributed by atoms with E-state index in [2.05, 4.69) is 12.2 Å². The van der Waals surface area contributed by atoms with Gasteiger partial charge in [0.15, 0.2) is 0 Å². The lowest BCUT2D eigenvalue weighted by atomic mass is 10.0. The van der Waals surface area contributed by atoms with Crippen LogP contribution in [0.5, 0.6) is 0 Å². The first-order valence-electron chi connectivity index (χ1n) is 6.81. The van der Waals surface area contributed by atoms with Gasteiger partial charge in [-0.05, 0) is 44.0 Å². The summed E-state index contributed by atoms with van der Waals surface area (Å²) in [5, 5.41) is 3.37. The molecule has 3 nitrogen and oxygen atoms in total. The van der Waals surface area contributed by atoms with Gasteiger partial charge in [0.2, 0.25) is 0 Å². The fraction of sp³-hybridized carbons (Fsp3) is 0.533. The van der Waals surface area contributed by atoms with Gasteiger partial charge in [0.1, 0.15) is 5.82 Å². The quantitative estimate of drug-likeness (QED) is 0.580. The van der Waals surface area contributed by atoms with Crippen molar-refractivity contribution < 1.29 is 13.9 Å². The minimum absolute atomic E-state index is 0.154. The van der Waals surface area contributed by atoms with Crippen LogP contribution >= 0.6 is 0 Å². The van der Waals surface area contributed by atoms with E-state index in [4.69, 9.17) is 4.74 Å². The van der Waals surface area contributed by atoms with E-state index >= 15 is 0 Å². The van der Waals surface area contributed by atoms with Gasteiger partial charge in [-0.3, -0.25) is 4.79 Å². The van der Waals surface area contributed by atoms with Crippen molar-refractivity contribution in [1.82, 2.24) is 5.32 Å². The van der Waals surface area contributed by atoms with Gasteiger partial charge in [0.05, 0.1) is 6.61 Å². The Hall–Kier alpha value is -1.42. The van der Waals surface area contributed by atoms with E-state index in [1.165, 1.54) is 12.1 Å². The monoisotopic (exact) mass is 267 g/mol. The van der Waals surface area contributed by atoms with Crippen molar-refractivity contribution in [3.63, 3.8) is 0 Å². The van der Waals surface area contributed by atoms with Crippen LogP contribution < -0.4 is 5.32 Å². The molecule has 0 fully saturated rings. The molecule has 0 bridgehead atoms. The van der Waals surface area contributed by atoms with Gasteiger partial charge in [-0.1, -0.05) is 19.1 Å². The van der Waals surface area contributed by atoms with Crippen LogP contribution in [0.2, 0.25) is 0 Å². The SMILES string of the molecule is CCOC(=O)CCCNC(CC)c1ccc(F)cc1. The third-order valence-corrected chi connectivity index (χ3v) is 2.93. The molecule has 1 atom stereocenters. The van der Waals surface area contributed by atoms with Gasteiger partial charge in [-0.15, -0.1) is 0 Å². The molecule has 1 unspecified atom stereocenters. The van der Waals surface area contributed by atoms with E-state index in [0.717, 1.165) is 24.9 Å². The molecule has 4 heteroatoms. The molecule has 0 saturated heterocycles. The van der Waals surface area contributed by atoms with E-state index in [9.17, 15) is 9.18 Å². The largest absolute Gasteiger partial charge is 0.466 e. The second kappa shape index (κ2) is 8.64. The van der Waals surface area contributed by atoms with Gasteiger partial charge < -0.3 is 10.1 Å². The standard InChI is InChI=1S/C15H22FNO2/c1-3-14(12-7-9-13(16)10-8-12)17-11-5-6-15(18)19-4-2/h7-10,14,17H,3-6,11H2,1-2H3. The predicted octanol–water partition coefficient (Wildman–Crippen LogP) is 3.21. The highest BCUT2D eigenvalue weighted by Gasteiger charge is 2.09. The molecular weight excluding hydrogens is 245 g/mol. The molecule has 19 heavy (non-hydrogen) atoms. The van der Waals surface area contributed by atoms with Crippen molar-refractivity contribution in [2.75, 3.05) is 13.2 Å². The molecule has 0 spiro atoms. The highest BCUT2D eigenvalue weighted by atomic mass is 19.1. The Balaban J connectivity index is 2.33. The van der Waals surface area contributed by atoms with Crippen LogP contribution in [0.15, 0.2) is 24.3 Å². The van der Waals surface area contributed by atoms with Crippen molar-refractivity contribution in [1.29, 1.82) is 0 Å². The first kappa shape index (κ1) is 15.6. The maximum Gasteiger partial charge on any atom is 0.305 e. The number of esters is 1. The molecule has 1 N–H and O–H groups in total. The van der Waals surface area contributed by atoms with Crippen LogP contribution in [0.25, 0.3) is 0 Å². The number of ether oxygens (including phenoxy) is 1. The van der Waals surface area contributed by atoms with Crippen molar-refractivity contribution in [2.24, 2.45) is 0 Å². The minimum atomic E-state index is -0.221. The summed E-state index contributed by atoms with van der Waals surface area (Å²) >= 11 is 0. The van der Waals surface area contributed by atoms with Crippen LogP contribution in [0, 0.1) is 5.82 Å². The molecule has 0 aromatic heterocycles. The lowest BCUT2D eigenvalue weighted by Crippen LogP contribution is -2.22. The van der Waals surface area contributed by atoms with Gasteiger partial charge in [-0.25, -0.2) is 4.39 Å². The molecule has 0 amide bonds. The summed E-state index contributed by atoms with van der Waals surface area (Å²) in [5.74, 6) is -0.375. The maximum atomic E-state index is 12.9. The van der Waals surface area contributed by atoms with Crippen LogP contribution in [-0.4, -0.2) is 19.1 Å². The normalized spacial score (nSPS) is 12.2. The molecule has 106 valence electrons. The molecule has 1 rings (SSSR count). The van der Waals surface area contributed by atoms with E-state index < -0.39 is 0 Å². The third kappa shape index (κ3) is 5.83. The summed E-state index contributed by atoms with van der Waals surface area (Å²) in [7, 11) is 0. The molecule has 0 aliphatic rings. The predicted molar refractivity (Wildman–Crippen MR) is 73.3 cm³/mol. The van der Waals surface area contributed by atoms with Gasteiger partial charge in [-0.2, -0.15) is 0 Å². The van der Waals surface area contributed by atoms with Crippen LogP contribution in [0.3, 0.4) is 0 Å². The van der Waals surface area contributed by atoms with Crippen molar-refractivity contribution >= 4 is 5.97 Å². The highest BCUT2D eigenvalue weighted by molar-refractivity contribution is 5.69. The van der Waals surface area contributed by atoms with Crippen molar-refractivity contribution in [3.8, 4) is 0 Å². The first-order valence-corrected chi connectivity index (χ1v) is 6.81. The summed E-state index contributed by atoms with van der Waals surface area (Å²) in [6, 6.07) is 6.73. The molecule has 1 aromatic carbocycles. The van der Waals surface area contributed by atoms with Gasteiger partial charge >= 0.3 is 5.97 Å². The lowest BCUT2D eigenvalue weighted by Gasteiger charge is -2.17. The Bertz CT molecular complexity index is 378. The molecule has 0 saturated carbocycles. The van der Waals surface area contributed by atoms with E-state index in [1.807, 2.05) is 0 Å². The average molecular weight is 267 g/mol. The van der Waals surface area contributed by atoms with Gasteiger partial charge in [0, 0.05) is 12.5 Å². The number of hydrogen-bond donors (Lipinski definition) is 1. The summed E-state index contributed by atoms with van der Waals surface area (Å²) in [6.45, 7) is 5.05. The zero-order chi connectivity index (χ0) is 14.1. The van der Waals surface area contributed by atoms with Crippen molar-refractivity contribution in [2.45, 2.75) is 39.2 Å². The molecule has 0 radical (unpaired) electrons. The number of benzene rings is 1. The average Bonchev–Trinajstić information content (AvgIpc) is 2.41. The van der Waals surface area contributed by atoms with Crippen molar-refractivity contribution in [3.05, 3.63) is 35.6 Å². The number of carbonyl (C=O) groups excluding carboxylic acids is 1. The Kier molecular flexibility index (Phi) is 7.11. The Labute approximate surface area is 114 Å². The maximum absolute atomic E-state index is 12.9. The number of halogens is 1. The highest BCUT2D eigenvalue weighted by Crippen LogP contribution is 2.16. The number of rotatable bonds is 8.